The number of nitrogens with one attached hydrogen (secondary N) is 2. The van der Waals surface area contributed by atoms with Crippen molar-refractivity contribution in [1.82, 2.24) is 15.5 Å². The Labute approximate surface area is 202 Å². The van der Waals surface area contributed by atoms with Gasteiger partial charge in [-0.05, 0) is 47.1 Å². The van der Waals surface area contributed by atoms with Crippen LogP contribution in [0.2, 0.25) is 0 Å². The average Bonchev–Trinajstić information content (AvgIpc) is 2.73. The van der Waals surface area contributed by atoms with Gasteiger partial charge in [-0.1, -0.05) is 6.08 Å². The van der Waals surface area contributed by atoms with Gasteiger partial charge >= 0.3 is 12.1 Å². The zero-order valence-electron chi connectivity index (χ0n) is 21.3. The van der Waals surface area contributed by atoms with E-state index in [-0.39, 0.29) is 31.1 Å². The van der Waals surface area contributed by atoms with E-state index in [2.05, 4.69) is 15.5 Å². The van der Waals surface area contributed by atoms with Gasteiger partial charge in [-0.15, -0.1) is 0 Å². The third-order valence-corrected chi connectivity index (χ3v) is 5.70. The first-order chi connectivity index (χ1) is 16.0. The van der Waals surface area contributed by atoms with E-state index in [0.717, 1.165) is 19.4 Å². The van der Waals surface area contributed by atoms with Gasteiger partial charge in [0.1, 0.15) is 5.60 Å². The molecule has 0 aromatic heterocycles. The smallest absolute Gasteiger partial charge is 0.407 e. The maximum atomic E-state index is 12.7. The van der Waals surface area contributed by atoms with Crippen LogP contribution in [-0.4, -0.2) is 92.7 Å². The number of carbonyl (C=O) groups is 3. The van der Waals surface area contributed by atoms with Crippen molar-refractivity contribution in [2.24, 2.45) is 0 Å². The van der Waals surface area contributed by atoms with Crippen LogP contribution in [0, 0.1) is 0 Å². The van der Waals surface area contributed by atoms with Crippen molar-refractivity contribution in [2.45, 2.75) is 83.7 Å². The average molecular weight is 484 g/mol. The summed E-state index contributed by atoms with van der Waals surface area (Å²) in [6, 6.07) is -1.34. The predicted octanol–water partition coefficient (Wildman–Crippen LogP) is 1.77. The Morgan fingerprint density at radius 2 is 1.91 bits per heavy atom. The van der Waals surface area contributed by atoms with Crippen LogP contribution < -0.4 is 10.6 Å². The van der Waals surface area contributed by atoms with Gasteiger partial charge in [0.25, 0.3) is 0 Å². The molecule has 4 atom stereocenters. The molecule has 0 radical (unpaired) electrons. The van der Waals surface area contributed by atoms with E-state index in [1.807, 2.05) is 6.08 Å². The fraction of sp³-hybridized carbons (Fsp3) is 0.792. The molecule has 1 saturated heterocycles. The van der Waals surface area contributed by atoms with E-state index >= 15 is 0 Å². The molecule has 0 bridgehead atoms. The lowest BCUT2D eigenvalue weighted by atomic mass is 9.84. The van der Waals surface area contributed by atoms with Gasteiger partial charge in [0, 0.05) is 32.6 Å². The number of piperidine rings is 1. The van der Waals surface area contributed by atoms with Crippen LogP contribution in [0.5, 0.6) is 0 Å². The van der Waals surface area contributed by atoms with Crippen LogP contribution in [0.4, 0.5) is 4.79 Å². The Hall–Kier alpha value is -2.17. The predicted molar refractivity (Wildman–Crippen MR) is 126 cm³/mol. The third-order valence-electron chi connectivity index (χ3n) is 5.70. The van der Waals surface area contributed by atoms with Crippen LogP contribution in [0.25, 0.3) is 0 Å². The maximum Gasteiger partial charge on any atom is 0.407 e. The molecular weight excluding hydrogens is 442 g/mol. The lowest BCUT2D eigenvalue weighted by Crippen LogP contribution is -2.64. The van der Waals surface area contributed by atoms with Gasteiger partial charge in [-0.3, -0.25) is 9.69 Å². The molecule has 34 heavy (non-hydrogen) atoms. The Morgan fingerprint density at radius 3 is 2.53 bits per heavy atom. The SMILES string of the molecule is CCOC(=O)C1=C[C@@H](N2CCC[C@@H](OCCOC)C2)[C@H](NC(C)=O)[C@@H](NC(=O)OC(C)(C)C)C1. The standard InChI is InChI=1S/C24H41N3O7/c1-7-32-22(29)17-13-19(26-23(30)34-24(3,4)5)21(25-16(2)28)20(14-17)27-10-8-9-18(15-27)33-12-11-31-6/h14,18-21H,7-13,15H2,1-6H3,(H,25,28)(H,26,30)/t18-,19+,20-,21-/m1/s1. The third kappa shape index (κ3) is 8.88. The first kappa shape index (κ1) is 28.1. The normalized spacial score (nSPS) is 25.8. The molecule has 0 aromatic carbocycles. The molecule has 1 aliphatic heterocycles. The summed E-state index contributed by atoms with van der Waals surface area (Å²) in [7, 11) is 1.64. The summed E-state index contributed by atoms with van der Waals surface area (Å²) in [6.07, 6.45) is 3.33. The van der Waals surface area contributed by atoms with Crippen LogP contribution in [-0.2, 0) is 28.5 Å². The molecule has 1 heterocycles. The van der Waals surface area contributed by atoms with E-state index in [4.69, 9.17) is 18.9 Å². The zero-order chi connectivity index (χ0) is 25.3. The van der Waals surface area contributed by atoms with E-state index in [1.165, 1.54) is 6.92 Å². The Balaban J connectivity index is 2.31. The summed E-state index contributed by atoms with van der Waals surface area (Å²) in [5.74, 6) is -0.640. The topological polar surface area (TPSA) is 115 Å². The molecular formula is C24H41N3O7. The van der Waals surface area contributed by atoms with E-state index < -0.39 is 29.7 Å². The fourth-order valence-electron chi connectivity index (χ4n) is 4.38. The van der Waals surface area contributed by atoms with Crippen LogP contribution in [0.1, 0.15) is 53.9 Å². The minimum Gasteiger partial charge on any atom is -0.463 e. The summed E-state index contributed by atoms with van der Waals surface area (Å²) in [6.45, 7) is 11.2. The lowest BCUT2D eigenvalue weighted by Gasteiger charge is -2.45. The number of hydrogen-bond donors (Lipinski definition) is 2. The highest BCUT2D eigenvalue weighted by Crippen LogP contribution is 2.28. The van der Waals surface area contributed by atoms with Gasteiger partial charge in [0.2, 0.25) is 5.91 Å². The summed E-state index contributed by atoms with van der Waals surface area (Å²) >= 11 is 0. The molecule has 2 aliphatic rings. The Morgan fingerprint density at radius 1 is 1.18 bits per heavy atom. The first-order valence-electron chi connectivity index (χ1n) is 12.0. The van der Waals surface area contributed by atoms with E-state index in [1.54, 1.807) is 34.8 Å². The van der Waals surface area contributed by atoms with E-state index in [0.29, 0.717) is 25.3 Å². The molecule has 0 aromatic rings. The van der Waals surface area contributed by atoms with Crippen LogP contribution in [0.3, 0.4) is 0 Å². The van der Waals surface area contributed by atoms with E-state index in [9.17, 15) is 14.4 Å². The molecule has 1 fully saturated rings. The number of rotatable bonds is 9. The maximum absolute atomic E-state index is 12.7. The highest BCUT2D eigenvalue weighted by atomic mass is 16.6. The zero-order valence-corrected chi connectivity index (χ0v) is 21.3. The second-order valence-corrected chi connectivity index (χ2v) is 9.71. The van der Waals surface area contributed by atoms with Crippen molar-refractivity contribution < 1.29 is 33.3 Å². The fourth-order valence-corrected chi connectivity index (χ4v) is 4.38. The summed E-state index contributed by atoms with van der Waals surface area (Å²) in [4.78, 5) is 39.6. The number of alkyl carbamates (subject to hydrolysis) is 1. The van der Waals surface area contributed by atoms with Crippen LogP contribution >= 0.6 is 0 Å². The van der Waals surface area contributed by atoms with Crippen molar-refractivity contribution in [2.75, 3.05) is 40.0 Å². The number of esters is 1. The number of carbonyl (C=O) groups excluding carboxylic acids is 3. The van der Waals surface area contributed by atoms with Crippen molar-refractivity contribution in [3.05, 3.63) is 11.6 Å². The Bertz CT molecular complexity index is 735. The van der Waals surface area contributed by atoms with Crippen molar-refractivity contribution >= 4 is 18.0 Å². The number of ether oxygens (including phenoxy) is 4. The number of hydrogen-bond acceptors (Lipinski definition) is 8. The molecule has 0 unspecified atom stereocenters. The minimum atomic E-state index is -0.679. The molecule has 10 nitrogen and oxygen atoms in total. The van der Waals surface area contributed by atoms with Crippen molar-refractivity contribution in [3.63, 3.8) is 0 Å². The molecule has 0 spiro atoms. The number of methoxy groups -OCH3 is 1. The summed E-state index contributed by atoms with van der Waals surface area (Å²) < 4.78 is 21.8. The second kappa shape index (κ2) is 13.1. The van der Waals surface area contributed by atoms with Crippen LogP contribution in [0.15, 0.2) is 11.6 Å². The molecule has 194 valence electrons. The van der Waals surface area contributed by atoms with Gasteiger partial charge < -0.3 is 29.6 Å². The highest BCUT2D eigenvalue weighted by molar-refractivity contribution is 5.89. The highest BCUT2D eigenvalue weighted by Gasteiger charge is 2.41. The molecule has 10 heteroatoms. The molecule has 2 amide bonds. The van der Waals surface area contributed by atoms with Gasteiger partial charge in [-0.2, -0.15) is 0 Å². The first-order valence-corrected chi connectivity index (χ1v) is 12.0. The monoisotopic (exact) mass is 483 g/mol. The minimum absolute atomic E-state index is 0.0144. The lowest BCUT2D eigenvalue weighted by molar-refractivity contribution is -0.139. The van der Waals surface area contributed by atoms with Gasteiger partial charge in [0.15, 0.2) is 0 Å². The van der Waals surface area contributed by atoms with Gasteiger partial charge in [-0.25, -0.2) is 9.59 Å². The second-order valence-electron chi connectivity index (χ2n) is 9.71. The molecule has 1 aliphatic carbocycles. The quantitative estimate of drug-likeness (QED) is 0.377. The molecule has 2 N–H and O–H groups in total. The number of amides is 2. The molecule has 0 saturated carbocycles. The summed E-state index contributed by atoms with van der Waals surface area (Å²) in [5.41, 5.74) is -0.210. The number of likely N-dealkylation sites (tertiary alicyclic amines) is 1. The van der Waals surface area contributed by atoms with Gasteiger partial charge in [0.05, 0.1) is 44.1 Å². The molecule has 2 rings (SSSR count). The summed E-state index contributed by atoms with van der Waals surface area (Å²) in [5, 5.41) is 5.88. The largest absolute Gasteiger partial charge is 0.463 e. The Kier molecular flexibility index (Phi) is 10.8. The van der Waals surface area contributed by atoms with Crippen molar-refractivity contribution in [1.29, 1.82) is 0 Å². The van der Waals surface area contributed by atoms with Crippen molar-refractivity contribution in [3.8, 4) is 0 Å². The number of nitrogens with zero attached hydrogens (tertiary/aromatic N) is 1.